The minimum absolute atomic E-state index is 0.636. The van der Waals surface area contributed by atoms with Crippen LogP contribution >= 0.6 is 15.9 Å². The van der Waals surface area contributed by atoms with E-state index in [2.05, 4.69) is 60.2 Å². The number of halogens is 1. The molecule has 1 aliphatic carbocycles. The summed E-state index contributed by atoms with van der Waals surface area (Å²) in [4.78, 5) is 0. The molecule has 1 aromatic rings. The van der Waals surface area contributed by atoms with Crippen molar-refractivity contribution in [3.05, 3.63) is 28.2 Å². The molecule has 1 nitrogen and oxygen atoms in total. The minimum atomic E-state index is 0.636. The summed E-state index contributed by atoms with van der Waals surface area (Å²) in [5.41, 5.74) is 2.56. The number of nitrogens with one attached hydrogen (secondary N) is 1. The third-order valence-corrected chi connectivity index (χ3v) is 5.26. The van der Waals surface area contributed by atoms with Crippen molar-refractivity contribution in [3.63, 3.8) is 0 Å². The average molecular weight is 310 g/mol. The number of anilines is 1. The van der Waals surface area contributed by atoms with Gasteiger partial charge in [-0.25, -0.2) is 0 Å². The quantitative estimate of drug-likeness (QED) is 0.790. The number of aryl methyl sites for hydroxylation is 1. The van der Waals surface area contributed by atoms with Crippen LogP contribution in [-0.4, -0.2) is 6.04 Å². The SMILES string of the molecule is Cc1cccc(NC2CCCCC2C(C)C)c1Br. The molecule has 0 aromatic heterocycles. The van der Waals surface area contributed by atoms with E-state index in [9.17, 15) is 0 Å². The molecule has 0 bridgehead atoms. The molecule has 0 spiro atoms. The van der Waals surface area contributed by atoms with Gasteiger partial charge in [-0.1, -0.05) is 38.8 Å². The summed E-state index contributed by atoms with van der Waals surface area (Å²) in [6, 6.07) is 7.10. The Labute approximate surface area is 119 Å². The molecule has 1 saturated carbocycles. The Balaban J connectivity index is 2.13. The second kappa shape index (κ2) is 6.10. The van der Waals surface area contributed by atoms with Crippen LogP contribution in [0.25, 0.3) is 0 Å². The Bertz CT molecular complexity index is 400. The Morgan fingerprint density at radius 2 is 1.94 bits per heavy atom. The van der Waals surface area contributed by atoms with E-state index in [1.165, 1.54) is 41.4 Å². The number of hydrogen-bond donors (Lipinski definition) is 1. The molecular weight excluding hydrogens is 286 g/mol. The Hall–Kier alpha value is -0.500. The van der Waals surface area contributed by atoms with Crippen LogP contribution in [0, 0.1) is 18.8 Å². The van der Waals surface area contributed by atoms with E-state index in [-0.39, 0.29) is 0 Å². The van der Waals surface area contributed by atoms with Crippen LogP contribution < -0.4 is 5.32 Å². The topological polar surface area (TPSA) is 12.0 Å². The van der Waals surface area contributed by atoms with Crippen molar-refractivity contribution in [2.75, 3.05) is 5.32 Å². The first-order valence-electron chi connectivity index (χ1n) is 7.11. The van der Waals surface area contributed by atoms with Crippen molar-refractivity contribution in [2.45, 2.75) is 52.5 Å². The molecule has 0 heterocycles. The molecule has 1 N–H and O–H groups in total. The molecule has 2 unspecified atom stereocenters. The van der Waals surface area contributed by atoms with Gasteiger partial charge in [0.05, 0.1) is 0 Å². The van der Waals surface area contributed by atoms with Gasteiger partial charge in [0.2, 0.25) is 0 Å². The minimum Gasteiger partial charge on any atom is -0.381 e. The predicted octanol–water partition coefficient (Wildman–Crippen LogP) is 5.38. The van der Waals surface area contributed by atoms with E-state index in [0.29, 0.717) is 6.04 Å². The molecule has 0 radical (unpaired) electrons. The summed E-state index contributed by atoms with van der Waals surface area (Å²) >= 11 is 3.70. The third-order valence-electron chi connectivity index (χ3n) is 4.21. The summed E-state index contributed by atoms with van der Waals surface area (Å²) < 4.78 is 1.22. The number of rotatable bonds is 3. The number of benzene rings is 1. The van der Waals surface area contributed by atoms with Crippen molar-refractivity contribution in [1.82, 2.24) is 0 Å². The van der Waals surface area contributed by atoms with Gasteiger partial charge in [-0.2, -0.15) is 0 Å². The lowest BCUT2D eigenvalue weighted by atomic mass is 9.78. The fourth-order valence-corrected chi connectivity index (χ4v) is 3.47. The monoisotopic (exact) mass is 309 g/mol. The van der Waals surface area contributed by atoms with Gasteiger partial charge in [0, 0.05) is 16.2 Å². The number of hydrogen-bond acceptors (Lipinski definition) is 1. The Morgan fingerprint density at radius 1 is 1.22 bits per heavy atom. The van der Waals surface area contributed by atoms with E-state index in [0.717, 1.165) is 11.8 Å². The molecule has 1 fully saturated rings. The van der Waals surface area contributed by atoms with Crippen molar-refractivity contribution in [3.8, 4) is 0 Å². The maximum atomic E-state index is 3.77. The lowest BCUT2D eigenvalue weighted by molar-refractivity contribution is 0.254. The highest BCUT2D eigenvalue weighted by atomic mass is 79.9. The van der Waals surface area contributed by atoms with E-state index >= 15 is 0 Å². The smallest absolute Gasteiger partial charge is 0.0489 e. The van der Waals surface area contributed by atoms with Crippen LogP contribution in [0.5, 0.6) is 0 Å². The van der Waals surface area contributed by atoms with Gasteiger partial charge in [0.1, 0.15) is 0 Å². The van der Waals surface area contributed by atoms with Crippen molar-refractivity contribution in [1.29, 1.82) is 0 Å². The van der Waals surface area contributed by atoms with E-state index in [1.54, 1.807) is 0 Å². The van der Waals surface area contributed by atoms with Crippen molar-refractivity contribution >= 4 is 21.6 Å². The van der Waals surface area contributed by atoms with Crippen LogP contribution in [0.2, 0.25) is 0 Å². The second-order valence-corrected chi connectivity index (χ2v) is 6.67. The molecule has 1 aromatic carbocycles. The Kier molecular flexibility index (Phi) is 4.71. The van der Waals surface area contributed by atoms with Crippen LogP contribution in [0.3, 0.4) is 0 Å². The molecule has 1 aliphatic rings. The molecule has 2 heteroatoms. The van der Waals surface area contributed by atoms with E-state index in [1.807, 2.05) is 0 Å². The van der Waals surface area contributed by atoms with Gasteiger partial charge >= 0.3 is 0 Å². The lowest BCUT2D eigenvalue weighted by Gasteiger charge is -2.36. The fourth-order valence-electron chi connectivity index (χ4n) is 3.10. The first kappa shape index (κ1) is 13.9. The fraction of sp³-hybridized carbons (Fsp3) is 0.625. The van der Waals surface area contributed by atoms with Crippen LogP contribution in [0.1, 0.15) is 45.1 Å². The molecule has 2 rings (SSSR count). The highest BCUT2D eigenvalue weighted by molar-refractivity contribution is 9.10. The molecule has 100 valence electrons. The van der Waals surface area contributed by atoms with Gasteiger partial charge in [-0.3, -0.25) is 0 Å². The normalized spacial score (nSPS) is 24.3. The van der Waals surface area contributed by atoms with Crippen LogP contribution in [0.4, 0.5) is 5.69 Å². The van der Waals surface area contributed by atoms with E-state index < -0.39 is 0 Å². The second-order valence-electron chi connectivity index (χ2n) is 5.88. The first-order valence-corrected chi connectivity index (χ1v) is 7.90. The third kappa shape index (κ3) is 3.09. The molecule has 0 amide bonds. The predicted molar refractivity (Wildman–Crippen MR) is 83.1 cm³/mol. The van der Waals surface area contributed by atoms with Crippen molar-refractivity contribution in [2.24, 2.45) is 11.8 Å². The zero-order valence-electron chi connectivity index (χ0n) is 11.7. The van der Waals surface area contributed by atoms with Gasteiger partial charge in [-0.15, -0.1) is 0 Å². The molecular formula is C16H24BrN. The highest BCUT2D eigenvalue weighted by Crippen LogP contribution is 2.34. The molecule has 0 saturated heterocycles. The van der Waals surface area contributed by atoms with E-state index in [4.69, 9.17) is 0 Å². The van der Waals surface area contributed by atoms with Crippen LogP contribution in [-0.2, 0) is 0 Å². The van der Waals surface area contributed by atoms with Crippen LogP contribution in [0.15, 0.2) is 22.7 Å². The van der Waals surface area contributed by atoms with Gasteiger partial charge in [0.15, 0.2) is 0 Å². The molecule has 0 aliphatic heterocycles. The Morgan fingerprint density at radius 3 is 2.67 bits per heavy atom. The van der Waals surface area contributed by atoms with Gasteiger partial charge in [-0.05, 0) is 59.2 Å². The largest absolute Gasteiger partial charge is 0.381 e. The maximum Gasteiger partial charge on any atom is 0.0489 e. The van der Waals surface area contributed by atoms with Gasteiger partial charge in [0.25, 0.3) is 0 Å². The average Bonchev–Trinajstić information content (AvgIpc) is 2.35. The van der Waals surface area contributed by atoms with Gasteiger partial charge < -0.3 is 5.32 Å². The summed E-state index contributed by atoms with van der Waals surface area (Å²) in [6.07, 6.45) is 5.45. The standard InChI is InChI=1S/C16H24BrN/c1-11(2)13-8-4-5-9-14(13)18-15-10-6-7-12(3)16(15)17/h6-7,10-11,13-14,18H,4-5,8-9H2,1-3H3. The van der Waals surface area contributed by atoms with Crippen molar-refractivity contribution < 1.29 is 0 Å². The maximum absolute atomic E-state index is 3.77. The molecule has 18 heavy (non-hydrogen) atoms. The highest BCUT2D eigenvalue weighted by Gasteiger charge is 2.27. The summed E-state index contributed by atoms with van der Waals surface area (Å²) in [7, 11) is 0. The lowest BCUT2D eigenvalue weighted by Crippen LogP contribution is -2.35. The summed E-state index contributed by atoms with van der Waals surface area (Å²) in [5.74, 6) is 1.58. The zero-order valence-corrected chi connectivity index (χ0v) is 13.3. The molecule has 2 atom stereocenters. The summed E-state index contributed by atoms with van der Waals surface area (Å²) in [5, 5.41) is 3.77. The zero-order chi connectivity index (χ0) is 13.1. The summed E-state index contributed by atoms with van der Waals surface area (Å²) in [6.45, 7) is 6.86. The first-order chi connectivity index (χ1) is 8.59.